The van der Waals surface area contributed by atoms with Crippen LogP contribution in [-0.4, -0.2) is 37.6 Å². The molecule has 0 unspecified atom stereocenters. The molecule has 2 aliphatic rings. The van der Waals surface area contributed by atoms with Gasteiger partial charge in [0.1, 0.15) is 6.61 Å². The van der Waals surface area contributed by atoms with E-state index in [1.165, 1.54) is 4.31 Å². The molecule has 2 atom stereocenters. The highest BCUT2D eigenvalue weighted by molar-refractivity contribution is 7.89. The molecule has 1 fully saturated rings. The molecule has 3 rings (SSSR count). The van der Waals surface area contributed by atoms with E-state index >= 15 is 0 Å². The quantitative estimate of drug-likeness (QED) is 0.835. The highest BCUT2D eigenvalue weighted by atomic mass is 32.2. The van der Waals surface area contributed by atoms with Gasteiger partial charge in [-0.15, -0.1) is 0 Å². The molecule has 0 saturated carbocycles. The Hall–Kier alpha value is -1.40. The molecule has 0 amide bonds. The zero-order chi connectivity index (χ0) is 14.3. The molecule has 0 N–H and O–H groups in total. The third kappa shape index (κ3) is 2.23. The van der Waals surface area contributed by atoms with Crippen LogP contribution in [0.3, 0.4) is 0 Å². The Morgan fingerprint density at radius 1 is 1.30 bits per heavy atom. The average molecular weight is 294 g/mol. The summed E-state index contributed by atoms with van der Waals surface area (Å²) in [6.45, 7) is 4.80. The molecule has 2 heterocycles. The lowest BCUT2D eigenvalue weighted by atomic mass is 9.93. The van der Waals surface area contributed by atoms with Crippen molar-refractivity contribution in [3.05, 3.63) is 29.8 Å². The summed E-state index contributed by atoms with van der Waals surface area (Å²) in [5.74, 6) is 0.273. The second kappa shape index (κ2) is 4.86. The first kappa shape index (κ1) is 13.6. The van der Waals surface area contributed by atoms with Crippen LogP contribution in [0.4, 0.5) is 0 Å². The van der Waals surface area contributed by atoms with Gasteiger partial charge in [-0.1, -0.05) is 22.9 Å². The number of hydrogen-bond donors (Lipinski definition) is 0. The minimum atomic E-state index is -3.47. The van der Waals surface area contributed by atoms with Crippen LogP contribution in [0.1, 0.15) is 18.9 Å². The zero-order valence-corrected chi connectivity index (χ0v) is 12.4. The van der Waals surface area contributed by atoms with Crippen LogP contribution in [0.2, 0.25) is 0 Å². The third-order valence-electron chi connectivity index (χ3n) is 3.99. The minimum Gasteiger partial charge on any atom is -0.395 e. The fourth-order valence-electron chi connectivity index (χ4n) is 2.76. The molecule has 1 saturated heterocycles. The van der Waals surface area contributed by atoms with Crippen LogP contribution < -0.4 is 0 Å². The summed E-state index contributed by atoms with van der Waals surface area (Å²) in [4.78, 5) is 5.43. The van der Waals surface area contributed by atoms with Gasteiger partial charge in [0.05, 0.1) is 17.2 Å². The molecule has 1 aromatic rings. The Morgan fingerprint density at radius 2 is 2.00 bits per heavy atom. The monoisotopic (exact) mass is 294 g/mol. The van der Waals surface area contributed by atoms with Gasteiger partial charge < -0.3 is 4.84 Å². The number of aryl methyl sites for hydroxylation is 1. The maximum atomic E-state index is 12.7. The van der Waals surface area contributed by atoms with Crippen molar-refractivity contribution in [2.24, 2.45) is 11.1 Å². The van der Waals surface area contributed by atoms with Crippen LogP contribution in [0.25, 0.3) is 0 Å². The van der Waals surface area contributed by atoms with Gasteiger partial charge in [0.25, 0.3) is 0 Å². The summed E-state index contributed by atoms with van der Waals surface area (Å²) in [6, 6.07) is 6.93. The largest absolute Gasteiger partial charge is 0.395 e. The topological polar surface area (TPSA) is 59.0 Å². The molecule has 108 valence electrons. The van der Waals surface area contributed by atoms with E-state index in [0.29, 0.717) is 18.0 Å². The molecule has 0 bridgehead atoms. The molecular weight excluding hydrogens is 276 g/mol. The summed E-state index contributed by atoms with van der Waals surface area (Å²) < 4.78 is 27.0. The van der Waals surface area contributed by atoms with Crippen LogP contribution in [0.5, 0.6) is 0 Å². The van der Waals surface area contributed by atoms with E-state index in [0.717, 1.165) is 17.7 Å². The van der Waals surface area contributed by atoms with Crippen molar-refractivity contribution in [3.8, 4) is 0 Å². The number of piperidine rings is 1. The molecule has 0 aromatic heterocycles. The normalized spacial score (nSPS) is 26.8. The van der Waals surface area contributed by atoms with Crippen molar-refractivity contribution < 1.29 is 13.3 Å². The fraction of sp³-hybridized carbons (Fsp3) is 0.500. The second-order valence-electron chi connectivity index (χ2n) is 5.52. The summed E-state index contributed by atoms with van der Waals surface area (Å²) in [5, 5.41) is 3.97. The number of oxime groups is 1. The van der Waals surface area contributed by atoms with Crippen molar-refractivity contribution in [1.29, 1.82) is 0 Å². The van der Waals surface area contributed by atoms with Gasteiger partial charge in [0, 0.05) is 12.0 Å². The predicted molar refractivity (Wildman–Crippen MR) is 76.0 cm³/mol. The van der Waals surface area contributed by atoms with Crippen molar-refractivity contribution in [1.82, 2.24) is 4.31 Å². The van der Waals surface area contributed by atoms with Crippen LogP contribution in [0.15, 0.2) is 34.3 Å². The van der Waals surface area contributed by atoms with E-state index in [1.54, 1.807) is 12.1 Å². The smallest absolute Gasteiger partial charge is 0.243 e. The fourth-order valence-corrected chi connectivity index (χ4v) is 4.37. The lowest BCUT2D eigenvalue weighted by Gasteiger charge is -2.34. The average Bonchev–Trinajstić information content (AvgIpc) is 2.85. The first-order valence-electron chi connectivity index (χ1n) is 6.76. The van der Waals surface area contributed by atoms with Gasteiger partial charge in [-0.2, -0.15) is 4.31 Å². The molecule has 1 aromatic carbocycles. The molecular formula is C14H18N2O3S. The van der Waals surface area contributed by atoms with Crippen molar-refractivity contribution in [2.75, 3.05) is 13.2 Å². The summed E-state index contributed by atoms with van der Waals surface area (Å²) in [6.07, 6.45) is 0.768. The molecule has 0 radical (unpaired) electrons. The Morgan fingerprint density at radius 3 is 2.70 bits per heavy atom. The SMILES string of the molecule is Cc1ccc(S(=O)(=O)N2CC3=NOC[C@@H]3C[C@H]2C)cc1. The van der Waals surface area contributed by atoms with Gasteiger partial charge in [-0.05, 0) is 32.4 Å². The standard InChI is InChI=1S/C14H18N2O3S/c1-10-3-5-13(6-4-10)20(17,18)16-8-14-12(7-11(16)2)9-19-15-14/h3-6,11-12H,7-9H2,1-2H3/t11-,12+/m1/s1. The van der Waals surface area contributed by atoms with E-state index in [9.17, 15) is 8.42 Å². The van der Waals surface area contributed by atoms with Gasteiger partial charge in [0.15, 0.2) is 0 Å². The lowest BCUT2D eigenvalue weighted by molar-refractivity contribution is 0.147. The lowest BCUT2D eigenvalue weighted by Crippen LogP contribution is -2.48. The third-order valence-corrected chi connectivity index (χ3v) is 5.97. The van der Waals surface area contributed by atoms with Crippen molar-refractivity contribution >= 4 is 15.7 Å². The number of sulfonamides is 1. The summed E-state index contributed by atoms with van der Waals surface area (Å²) >= 11 is 0. The maximum absolute atomic E-state index is 12.7. The first-order chi connectivity index (χ1) is 9.48. The number of nitrogens with zero attached hydrogens (tertiary/aromatic N) is 2. The molecule has 0 spiro atoms. The van der Waals surface area contributed by atoms with Crippen LogP contribution in [0, 0.1) is 12.8 Å². The Bertz CT molecular complexity index is 637. The van der Waals surface area contributed by atoms with E-state index < -0.39 is 10.0 Å². The Balaban J connectivity index is 1.92. The van der Waals surface area contributed by atoms with Crippen LogP contribution >= 0.6 is 0 Å². The molecule has 0 aliphatic carbocycles. The van der Waals surface area contributed by atoms with Crippen molar-refractivity contribution in [2.45, 2.75) is 31.2 Å². The van der Waals surface area contributed by atoms with E-state index in [2.05, 4.69) is 5.16 Å². The number of rotatable bonds is 2. The molecule has 2 aliphatic heterocycles. The number of fused-ring (bicyclic) bond motifs is 1. The predicted octanol–water partition coefficient (Wildman–Crippen LogP) is 1.78. The van der Waals surface area contributed by atoms with E-state index in [4.69, 9.17) is 4.84 Å². The zero-order valence-electron chi connectivity index (χ0n) is 11.6. The van der Waals surface area contributed by atoms with E-state index in [-0.39, 0.29) is 12.0 Å². The summed E-state index contributed by atoms with van der Waals surface area (Å²) in [7, 11) is -3.47. The second-order valence-corrected chi connectivity index (χ2v) is 7.41. The molecule has 5 nitrogen and oxygen atoms in total. The maximum Gasteiger partial charge on any atom is 0.243 e. The minimum absolute atomic E-state index is 0.0352. The van der Waals surface area contributed by atoms with Crippen molar-refractivity contribution in [3.63, 3.8) is 0 Å². The number of hydrogen-bond acceptors (Lipinski definition) is 4. The number of benzene rings is 1. The first-order valence-corrected chi connectivity index (χ1v) is 8.20. The van der Waals surface area contributed by atoms with Gasteiger partial charge >= 0.3 is 0 Å². The van der Waals surface area contributed by atoms with Crippen LogP contribution in [-0.2, 0) is 14.9 Å². The van der Waals surface area contributed by atoms with E-state index in [1.807, 2.05) is 26.0 Å². The highest BCUT2D eigenvalue weighted by Gasteiger charge is 2.40. The van der Waals surface area contributed by atoms with Gasteiger partial charge in [-0.25, -0.2) is 8.42 Å². The molecule has 20 heavy (non-hydrogen) atoms. The van der Waals surface area contributed by atoms with Gasteiger partial charge in [-0.3, -0.25) is 0 Å². The Kier molecular flexibility index (Phi) is 3.30. The highest BCUT2D eigenvalue weighted by Crippen LogP contribution is 2.29. The Labute approximate surface area is 119 Å². The summed E-state index contributed by atoms with van der Waals surface area (Å²) in [5.41, 5.74) is 1.89. The molecule has 6 heteroatoms. The van der Waals surface area contributed by atoms with Gasteiger partial charge in [0.2, 0.25) is 10.0 Å².